The quantitative estimate of drug-likeness (QED) is 0.123. The van der Waals surface area contributed by atoms with E-state index in [0.29, 0.717) is 19.3 Å². The Labute approximate surface area is 226 Å². The minimum atomic E-state index is -1.55. The van der Waals surface area contributed by atoms with Gasteiger partial charge in [-0.1, -0.05) is 43.2 Å². The van der Waals surface area contributed by atoms with E-state index in [1.54, 1.807) is 6.92 Å². The number of aliphatic hydroxyl groups is 4. The Morgan fingerprint density at radius 2 is 1.87 bits per heavy atom. The van der Waals surface area contributed by atoms with Crippen LogP contribution in [0.4, 0.5) is 0 Å². The van der Waals surface area contributed by atoms with Gasteiger partial charge in [0.15, 0.2) is 0 Å². The van der Waals surface area contributed by atoms with Crippen LogP contribution in [0.1, 0.15) is 61.9 Å². The molecule has 13 nitrogen and oxygen atoms in total. The highest BCUT2D eigenvalue weighted by atomic mass is 16.7. The van der Waals surface area contributed by atoms with E-state index in [9.17, 15) is 25.2 Å². The maximum Gasteiger partial charge on any atom is 0.238 e. The van der Waals surface area contributed by atoms with Crippen LogP contribution >= 0.6 is 0 Å². The first-order valence-corrected chi connectivity index (χ1v) is 13.1. The summed E-state index contributed by atoms with van der Waals surface area (Å²) in [5, 5.41) is 53.5. The Morgan fingerprint density at radius 1 is 1.18 bits per heavy atom. The summed E-state index contributed by atoms with van der Waals surface area (Å²) >= 11 is 0. The van der Waals surface area contributed by atoms with Crippen molar-refractivity contribution in [1.29, 1.82) is 0 Å². The molecule has 2 aromatic rings. The van der Waals surface area contributed by atoms with Crippen molar-refractivity contribution in [3.05, 3.63) is 57.1 Å². The lowest BCUT2D eigenvalue weighted by Crippen LogP contribution is -2.60. The van der Waals surface area contributed by atoms with Gasteiger partial charge in [-0.15, -0.1) is 5.10 Å². The topological polar surface area (TPSA) is 206 Å². The van der Waals surface area contributed by atoms with Gasteiger partial charge in [0.25, 0.3) is 0 Å². The average molecular weight is 547 g/mol. The van der Waals surface area contributed by atoms with Gasteiger partial charge in [0, 0.05) is 41.6 Å². The van der Waals surface area contributed by atoms with E-state index in [1.165, 1.54) is 0 Å². The number of benzene rings is 1. The lowest BCUT2D eigenvalue weighted by Gasteiger charge is -2.39. The SMILES string of the molecule is CC(C)c1[nH]nc(O[C@@H]2O[C@H](CO)[C@@H](O)[C@H](O)[C@H]2O)c1Cc1ccc(CCCC(=O)N[C@@H](C)CN=[N+]=[N-])cc1. The first-order valence-electron chi connectivity index (χ1n) is 13.1. The highest BCUT2D eigenvalue weighted by molar-refractivity contribution is 5.76. The summed E-state index contributed by atoms with van der Waals surface area (Å²) in [4.78, 5) is 14.8. The number of aliphatic hydroxyl groups excluding tert-OH is 4. The van der Waals surface area contributed by atoms with Gasteiger partial charge in [-0.2, -0.15) is 0 Å². The van der Waals surface area contributed by atoms with Crippen LogP contribution in [0.2, 0.25) is 0 Å². The zero-order chi connectivity index (χ0) is 28.5. The standard InChI is InChI=1S/C26H38N6O7/c1-14(2)21-18(25(31-30-21)39-26-24(37)23(36)22(35)19(13-33)38-26)11-17-9-7-16(8-10-17)5-4-6-20(34)29-15(3)12-28-32-27/h7-10,14-15,19,22-24,26,33,35-37H,4-6,11-13H2,1-3H3,(H,29,34)(H,30,31)/t15-,19+,22+,23-,24+,26-/m0/s1. The molecule has 3 rings (SSSR count). The molecule has 6 N–H and O–H groups in total. The Morgan fingerprint density at radius 3 is 2.51 bits per heavy atom. The number of H-pyrrole nitrogens is 1. The lowest BCUT2D eigenvalue weighted by molar-refractivity contribution is -0.278. The molecule has 1 amide bonds. The molecule has 1 fully saturated rings. The van der Waals surface area contributed by atoms with Gasteiger partial charge in [-0.3, -0.25) is 9.89 Å². The summed E-state index contributed by atoms with van der Waals surface area (Å²) in [7, 11) is 0. The molecule has 39 heavy (non-hydrogen) atoms. The molecular weight excluding hydrogens is 508 g/mol. The maximum atomic E-state index is 12.1. The summed E-state index contributed by atoms with van der Waals surface area (Å²) in [6.07, 6.45) is -4.73. The largest absolute Gasteiger partial charge is 0.443 e. The summed E-state index contributed by atoms with van der Waals surface area (Å²) in [5.41, 5.74) is 12.1. The zero-order valence-corrected chi connectivity index (χ0v) is 22.4. The van der Waals surface area contributed by atoms with Gasteiger partial charge in [0.05, 0.1) is 6.61 Å². The van der Waals surface area contributed by atoms with E-state index in [-0.39, 0.29) is 30.3 Å². The minimum Gasteiger partial charge on any atom is -0.443 e. The molecule has 6 atom stereocenters. The van der Waals surface area contributed by atoms with Gasteiger partial charge < -0.3 is 35.2 Å². The average Bonchev–Trinajstić information content (AvgIpc) is 3.30. The van der Waals surface area contributed by atoms with Gasteiger partial charge in [0.1, 0.15) is 24.4 Å². The number of hydrogen-bond acceptors (Lipinski definition) is 9. The summed E-state index contributed by atoms with van der Waals surface area (Å²) in [5.74, 6) is 0.215. The van der Waals surface area contributed by atoms with Gasteiger partial charge in [-0.25, -0.2) is 0 Å². The number of nitrogens with one attached hydrogen (secondary N) is 2. The van der Waals surface area contributed by atoms with E-state index in [4.69, 9.17) is 15.0 Å². The third kappa shape index (κ3) is 8.15. The van der Waals surface area contributed by atoms with Crippen LogP contribution in [0, 0.1) is 0 Å². The molecule has 1 saturated heterocycles. The fraction of sp³-hybridized carbons (Fsp3) is 0.615. The molecule has 1 aliphatic heterocycles. The molecule has 1 aromatic heterocycles. The number of carbonyl (C=O) groups excluding carboxylic acids is 1. The molecule has 0 unspecified atom stereocenters. The van der Waals surface area contributed by atoms with E-state index < -0.39 is 37.3 Å². The predicted octanol–water partition coefficient (Wildman–Crippen LogP) is 1.44. The second-order valence-corrected chi connectivity index (χ2v) is 10.1. The van der Waals surface area contributed by atoms with E-state index >= 15 is 0 Å². The number of carbonyl (C=O) groups is 1. The van der Waals surface area contributed by atoms with Crippen LogP contribution in [0.15, 0.2) is 29.4 Å². The van der Waals surface area contributed by atoms with Crippen molar-refractivity contribution in [2.24, 2.45) is 5.11 Å². The monoisotopic (exact) mass is 546 g/mol. The molecule has 0 bridgehead atoms. The van der Waals surface area contributed by atoms with Crippen LogP contribution in [0.3, 0.4) is 0 Å². The molecule has 1 aromatic carbocycles. The number of rotatable bonds is 13. The summed E-state index contributed by atoms with van der Waals surface area (Å²) in [6, 6.07) is 7.79. The number of aromatic amines is 1. The van der Waals surface area contributed by atoms with Crippen molar-refractivity contribution in [2.45, 2.75) is 89.1 Å². The zero-order valence-electron chi connectivity index (χ0n) is 22.4. The predicted molar refractivity (Wildman–Crippen MR) is 141 cm³/mol. The molecule has 1 aliphatic rings. The number of aryl methyl sites for hydroxylation is 1. The second kappa shape index (κ2) is 14.3. The second-order valence-electron chi connectivity index (χ2n) is 10.1. The van der Waals surface area contributed by atoms with Crippen molar-refractivity contribution in [3.63, 3.8) is 0 Å². The number of azide groups is 1. The first-order chi connectivity index (χ1) is 18.6. The van der Waals surface area contributed by atoms with Crippen molar-refractivity contribution < 1.29 is 34.7 Å². The van der Waals surface area contributed by atoms with E-state index in [1.807, 2.05) is 38.1 Å². The Balaban J connectivity index is 1.62. The number of hydrogen-bond donors (Lipinski definition) is 6. The Bertz CT molecular complexity index is 1120. The summed E-state index contributed by atoms with van der Waals surface area (Å²) < 4.78 is 11.3. The fourth-order valence-corrected chi connectivity index (χ4v) is 4.41. The Hall–Kier alpha value is -3.19. The van der Waals surface area contributed by atoms with Crippen LogP contribution < -0.4 is 10.1 Å². The van der Waals surface area contributed by atoms with E-state index in [0.717, 1.165) is 28.8 Å². The number of amides is 1. The van der Waals surface area contributed by atoms with Crippen molar-refractivity contribution in [3.8, 4) is 5.88 Å². The maximum absolute atomic E-state index is 12.1. The molecule has 0 saturated carbocycles. The third-order valence-electron chi connectivity index (χ3n) is 6.61. The third-order valence-corrected chi connectivity index (χ3v) is 6.61. The smallest absolute Gasteiger partial charge is 0.238 e. The highest BCUT2D eigenvalue weighted by Crippen LogP contribution is 2.31. The molecule has 0 spiro atoms. The summed E-state index contributed by atoms with van der Waals surface area (Å²) in [6.45, 7) is 5.46. The van der Waals surface area contributed by atoms with Crippen molar-refractivity contribution in [1.82, 2.24) is 15.5 Å². The van der Waals surface area contributed by atoms with Crippen LogP contribution in [0.5, 0.6) is 5.88 Å². The van der Waals surface area contributed by atoms with Crippen molar-refractivity contribution >= 4 is 5.91 Å². The van der Waals surface area contributed by atoms with Crippen LogP contribution in [0.25, 0.3) is 10.4 Å². The Kier molecular flexibility index (Phi) is 11.1. The first kappa shape index (κ1) is 30.4. The number of nitrogens with zero attached hydrogens (tertiary/aromatic N) is 4. The molecule has 13 heteroatoms. The lowest BCUT2D eigenvalue weighted by atomic mass is 9.97. The molecule has 214 valence electrons. The molecule has 0 aliphatic carbocycles. The highest BCUT2D eigenvalue weighted by Gasteiger charge is 2.45. The normalized spacial score (nSPS) is 23.7. The van der Waals surface area contributed by atoms with E-state index in [2.05, 4.69) is 25.5 Å². The number of aromatic nitrogens is 2. The van der Waals surface area contributed by atoms with Gasteiger partial charge in [-0.05, 0) is 42.3 Å². The molecule has 0 radical (unpaired) electrons. The molecular formula is C26H38N6O7. The molecule has 2 heterocycles. The minimum absolute atomic E-state index is 0.0830. The van der Waals surface area contributed by atoms with Crippen LogP contribution in [-0.2, 0) is 22.4 Å². The fourth-order valence-electron chi connectivity index (χ4n) is 4.41. The van der Waals surface area contributed by atoms with Gasteiger partial charge in [0.2, 0.25) is 18.1 Å². The van der Waals surface area contributed by atoms with Crippen molar-refractivity contribution in [2.75, 3.05) is 13.2 Å². The van der Waals surface area contributed by atoms with Gasteiger partial charge >= 0.3 is 0 Å². The van der Waals surface area contributed by atoms with Crippen LogP contribution in [-0.4, -0.2) is 86.4 Å². The number of ether oxygens (including phenoxy) is 2.